The Hall–Kier alpha value is -2.14. The van der Waals surface area contributed by atoms with Crippen molar-refractivity contribution in [3.05, 3.63) is 52.9 Å². The quantitative estimate of drug-likeness (QED) is 0.806. The van der Waals surface area contributed by atoms with Crippen LogP contribution in [0.1, 0.15) is 42.3 Å². The monoisotopic (exact) mass is 330 g/mol. The second-order valence-corrected chi connectivity index (χ2v) is 6.31. The van der Waals surface area contributed by atoms with Crippen molar-refractivity contribution in [1.29, 1.82) is 0 Å². The fourth-order valence-electron chi connectivity index (χ4n) is 2.68. The summed E-state index contributed by atoms with van der Waals surface area (Å²) in [6, 6.07) is 10.1. The minimum absolute atomic E-state index is 0.0145. The van der Waals surface area contributed by atoms with Gasteiger partial charge in [0.15, 0.2) is 0 Å². The highest BCUT2D eigenvalue weighted by Crippen LogP contribution is 2.23. The lowest BCUT2D eigenvalue weighted by Gasteiger charge is -2.16. The molecule has 0 radical (unpaired) electrons. The first kappa shape index (κ1) is 18.2. The van der Waals surface area contributed by atoms with Gasteiger partial charge < -0.3 is 14.6 Å². The summed E-state index contributed by atoms with van der Waals surface area (Å²) in [5.41, 5.74) is 2.80. The van der Waals surface area contributed by atoms with Gasteiger partial charge in [-0.2, -0.15) is 0 Å². The minimum Gasteiger partial charge on any atom is -0.376 e. The number of hydrogen-bond acceptors (Lipinski definition) is 4. The van der Waals surface area contributed by atoms with Gasteiger partial charge in [-0.15, -0.1) is 0 Å². The highest BCUT2D eigenvalue weighted by molar-refractivity contribution is 5.83. The van der Waals surface area contributed by atoms with E-state index in [0.717, 1.165) is 16.8 Å². The molecule has 24 heavy (non-hydrogen) atoms. The molecule has 0 aliphatic rings. The van der Waals surface area contributed by atoms with E-state index in [4.69, 9.17) is 9.26 Å². The topological polar surface area (TPSA) is 64.4 Å². The fraction of sp³-hybridized carbons (Fsp3) is 0.474. The van der Waals surface area contributed by atoms with E-state index in [0.29, 0.717) is 25.5 Å². The molecule has 5 heteroatoms. The third kappa shape index (κ3) is 4.93. The summed E-state index contributed by atoms with van der Waals surface area (Å²) in [6.45, 7) is 9.41. The smallest absolute Gasteiger partial charge is 0.227 e. The lowest BCUT2D eigenvalue weighted by Crippen LogP contribution is -2.33. The fourth-order valence-corrected chi connectivity index (χ4v) is 2.68. The molecule has 1 N–H and O–H groups in total. The van der Waals surface area contributed by atoms with Crippen LogP contribution < -0.4 is 5.32 Å². The number of carbonyl (C=O) groups is 1. The maximum absolute atomic E-state index is 12.3. The summed E-state index contributed by atoms with van der Waals surface area (Å²) in [4.78, 5) is 12.3. The van der Waals surface area contributed by atoms with Crippen molar-refractivity contribution in [3.63, 3.8) is 0 Å². The molecule has 2 aromatic rings. The molecule has 0 spiro atoms. The normalized spacial score (nSPS) is 13.5. The van der Waals surface area contributed by atoms with Crippen molar-refractivity contribution in [2.24, 2.45) is 5.92 Å². The SMILES string of the molecule is Cc1noc(C)c1C(C)C(=O)NCC(C)COCc1ccccc1. The summed E-state index contributed by atoms with van der Waals surface area (Å²) < 4.78 is 10.8. The summed E-state index contributed by atoms with van der Waals surface area (Å²) in [6.07, 6.45) is 0. The zero-order chi connectivity index (χ0) is 17.5. The first-order valence-corrected chi connectivity index (χ1v) is 8.31. The highest BCUT2D eigenvalue weighted by atomic mass is 16.5. The van der Waals surface area contributed by atoms with Gasteiger partial charge in [0.1, 0.15) is 5.76 Å². The molecule has 130 valence electrons. The van der Waals surface area contributed by atoms with Crippen LogP contribution in [0.25, 0.3) is 0 Å². The van der Waals surface area contributed by atoms with Gasteiger partial charge in [-0.1, -0.05) is 42.4 Å². The molecule has 0 bridgehead atoms. The maximum atomic E-state index is 12.3. The van der Waals surface area contributed by atoms with Crippen LogP contribution in [0.2, 0.25) is 0 Å². The molecule has 1 heterocycles. The molecular formula is C19H26N2O3. The molecule has 2 rings (SSSR count). The van der Waals surface area contributed by atoms with Gasteiger partial charge in [-0.05, 0) is 32.3 Å². The number of amides is 1. The van der Waals surface area contributed by atoms with Gasteiger partial charge in [-0.25, -0.2) is 0 Å². The van der Waals surface area contributed by atoms with E-state index in [1.165, 1.54) is 0 Å². The zero-order valence-electron chi connectivity index (χ0n) is 14.8. The highest BCUT2D eigenvalue weighted by Gasteiger charge is 2.22. The summed E-state index contributed by atoms with van der Waals surface area (Å²) in [7, 11) is 0. The van der Waals surface area contributed by atoms with E-state index in [-0.39, 0.29) is 17.7 Å². The second-order valence-electron chi connectivity index (χ2n) is 6.31. The maximum Gasteiger partial charge on any atom is 0.227 e. The van der Waals surface area contributed by atoms with E-state index < -0.39 is 0 Å². The number of aromatic nitrogens is 1. The van der Waals surface area contributed by atoms with Crippen LogP contribution in [-0.4, -0.2) is 24.2 Å². The molecule has 0 saturated heterocycles. The van der Waals surface area contributed by atoms with Crippen LogP contribution in [-0.2, 0) is 16.1 Å². The number of nitrogens with zero attached hydrogens (tertiary/aromatic N) is 1. The molecule has 0 aliphatic heterocycles. The van der Waals surface area contributed by atoms with E-state index in [1.54, 1.807) is 0 Å². The molecule has 2 atom stereocenters. The molecular weight excluding hydrogens is 304 g/mol. The minimum atomic E-state index is -0.270. The summed E-state index contributed by atoms with van der Waals surface area (Å²) in [5.74, 6) is 0.664. The molecule has 5 nitrogen and oxygen atoms in total. The Labute approximate surface area is 143 Å². The number of hydrogen-bond donors (Lipinski definition) is 1. The average molecular weight is 330 g/mol. The molecule has 0 fully saturated rings. The Morgan fingerprint density at radius 1 is 1.25 bits per heavy atom. The van der Waals surface area contributed by atoms with Crippen LogP contribution in [0, 0.1) is 19.8 Å². The average Bonchev–Trinajstić information content (AvgIpc) is 2.91. The van der Waals surface area contributed by atoms with Gasteiger partial charge in [0, 0.05) is 12.1 Å². The van der Waals surface area contributed by atoms with Crippen molar-refractivity contribution in [2.75, 3.05) is 13.2 Å². The van der Waals surface area contributed by atoms with Gasteiger partial charge in [0.2, 0.25) is 5.91 Å². The van der Waals surface area contributed by atoms with E-state index in [1.807, 2.05) is 51.1 Å². The van der Waals surface area contributed by atoms with E-state index in [9.17, 15) is 4.79 Å². The van der Waals surface area contributed by atoms with E-state index >= 15 is 0 Å². The molecule has 0 aliphatic carbocycles. The van der Waals surface area contributed by atoms with Crippen molar-refractivity contribution in [2.45, 2.75) is 40.2 Å². The molecule has 2 unspecified atom stereocenters. The van der Waals surface area contributed by atoms with Crippen molar-refractivity contribution >= 4 is 5.91 Å². The third-order valence-corrected chi connectivity index (χ3v) is 4.05. The molecule has 1 aromatic heterocycles. The predicted octanol–water partition coefficient (Wildman–Crippen LogP) is 3.36. The van der Waals surface area contributed by atoms with Crippen molar-refractivity contribution in [3.8, 4) is 0 Å². The van der Waals surface area contributed by atoms with Gasteiger partial charge >= 0.3 is 0 Å². The van der Waals surface area contributed by atoms with Crippen molar-refractivity contribution < 1.29 is 14.1 Å². The first-order chi connectivity index (χ1) is 11.5. The summed E-state index contributed by atoms with van der Waals surface area (Å²) >= 11 is 0. The van der Waals surface area contributed by atoms with Gasteiger partial charge in [-0.3, -0.25) is 4.79 Å². The van der Waals surface area contributed by atoms with Gasteiger partial charge in [0.05, 0.1) is 24.8 Å². The van der Waals surface area contributed by atoms with Crippen molar-refractivity contribution in [1.82, 2.24) is 10.5 Å². The number of rotatable bonds is 8. The van der Waals surface area contributed by atoms with Gasteiger partial charge in [0.25, 0.3) is 0 Å². The summed E-state index contributed by atoms with van der Waals surface area (Å²) in [5, 5.41) is 6.89. The second kappa shape index (κ2) is 8.64. The number of aryl methyl sites for hydroxylation is 2. The van der Waals surface area contributed by atoms with E-state index in [2.05, 4.69) is 17.4 Å². The lowest BCUT2D eigenvalue weighted by atomic mass is 9.98. The number of nitrogens with one attached hydrogen (secondary N) is 1. The van der Waals surface area contributed by atoms with Crippen LogP contribution in [0.3, 0.4) is 0 Å². The van der Waals surface area contributed by atoms with Crippen LogP contribution in [0.15, 0.2) is 34.9 Å². The third-order valence-electron chi connectivity index (χ3n) is 4.05. The largest absolute Gasteiger partial charge is 0.376 e. The Kier molecular flexibility index (Phi) is 6.55. The standard InChI is InChI=1S/C19H26N2O3/c1-13(11-23-12-17-8-6-5-7-9-17)10-20-19(22)14(2)18-15(3)21-24-16(18)4/h5-9,13-14H,10-12H2,1-4H3,(H,20,22). The number of ether oxygens (including phenoxy) is 1. The Morgan fingerprint density at radius 2 is 1.96 bits per heavy atom. The lowest BCUT2D eigenvalue weighted by molar-refractivity contribution is -0.122. The van der Waals surface area contributed by atoms with Crippen LogP contribution >= 0.6 is 0 Å². The van der Waals surface area contributed by atoms with Crippen LogP contribution in [0.5, 0.6) is 0 Å². The van der Waals surface area contributed by atoms with Crippen LogP contribution in [0.4, 0.5) is 0 Å². The zero-order valence-corrected chi connectivity index (χ0v) is 14.8. The Morgan fingerprint density at radius 3 is 2.58 bits per heavy atom. The predicted molar refractivity (Wildman–Crippen MR) is 92.7 cm³/mol. The number of carbonyl (C=O) groups excluding carboxylic acids is 1. The number of benzene rings is 1. The molecule has 1 aromatic carbocycles. The molecule has 1 amide bonds. The first-order valence-electron chi connectivity index (χ1n) is 8.31. The Balaban J connectivity index is 1.73. The Bertz CT molecular complexity index is 632. The molecule has 0 saturated carbocycles.